The maximum atomic E-state index is 13.5. The smallest absolute Gasteiger partial charge is 0.220 e. The van der Waals surface area contributed by atoms with Gasteiger partial charge in [-0.25, -0.2) is 0 Å². The largest absolute Gasteiger partial charge is 0.394 e. The third-order valence-corrected chi connectivity index (χ3v) is 19.7. The zero-order valence-electron chi connectivity index (χ0n) is 60.6. The minimum absolute atomic E-state index is 0.249. The summed E-state index contributed by atoms with van der Waals surface area (Å²) in [6, 6.07) is -0.899. The molecule has 19 nitrogen and oxygen atoms in total. The monoisotopic (exact) mass is 1380 g/mol. The van der Waals surface area contributed by atoms with E-state index in [1.165, 1.54) is 186 Å². The van der Waals surface area contributed by atoms with Crippen LogP contribution in [0.4, 0.5) is 0 Å². The van der Waals surface area contributed by atoms with E-state index in [-0.39, 0.29) is 18.9 Å². The Morgan fingerprint density at radius 2 is 0.711 bits per heavy atom. The third-order valence-electron chi connectivity index (χ3n) is 19.7. The number of amides is 1. The number of carbonyl (C=O) groups excluding carboxylic acids is 1. The van der Waals surface area contributed by atoms with Gasteiger partial charge < -0.3 is 89.9 Å². The number of carbonyl (C=O) groups is 1. The molecule has 0 aromatic heterocycles. The van der Waals surface area contributed by atoms with Gasteiger partial charge in [-0.05, 0) is 51.4 Å². The number of aliphatic hydroxyl groups is 11. The van der Waals surface area contributed by atoms with Crippen LogP contribution < -0.4 is 5.32 Å². The minimum atomic E-state index is -1.98. The van der Waals surface area contributed by atoms with Crippen molar-refractivity contribution in [2.24, 2.45) is 0 Å². The van der Waals surface area contributed by atoms with Gasteiger partial charge in [-0.2, -0.15) is 0 Å². The minimum Gasteiger partial charge on any atom is -0.394 e. The number of unbranched alkanes of at least 4 members (excludes halogenated alkanes) is 38. The first-order valence-electron chi connectivity index (χ1n) is 39.4. The fourth-order valence-corrected chi connectivity index (χ4v) is 13.4. The maximum absolute atomic E-state index is 13.5. The molecule has 1 amide bonds. The number of hydrogen-bond acceptors (Lipinski definition) is 18. The van der Waals surface area contributed by atoms with Crippen molar-refractivity contribution in [3.8, 4) is 0 Å². The molecule has 0 aromatic rings. The second-order valence-corrected chi connectivity index (χ2v) is 28.2. The van der Waals surface area contributed by atoms with Crippen molar-refractivity contribution in [1.82, 2.24) is 5.32 Å². The normalized spacial score (nSPS) is 27.1. The molecule has 3 saturated heterocycles. The van der Waals surface area contributed by atoms with E-state index in [2.05, 4.69) is 67.8 Å². The molecule has 0 aliphatic carbocycles. The molecule has 3 fully saturated rings. The van der Waals surface area contributed by atoms with Crippen LogP contribution in [0, 0.1) is 0 Å². The van der Waals surface area contributed by atoms with E-state index in [1.54, 1.807) is 0 Å². The lowest BCUT2D eigenvalue weighted by Crippen LogP contribution is -2.66. The van der Waals surface area contributed by atoms with E-state index in [4.69, 9.17) is 28.4 Å². The summed E-state index contributed by atoms with van der Waals surface area (Å²) in [4.78, 5) is 13.5. The van der Waals surface area contributed by atoms with E-state index in [9.17, 15) is 61.0 Å². The Balaban J connectivity index is 1.36. The van der Waals surface area contributed by atoms with Gasteiger partial charge in [0.05, 0.1) is 38.6 Å². The Bertz CT molecular complexity index is 1940. The predicted molar refractivity (Wildman–Crippen MR) is 383 cm³/mol. The van der Waals surface area contributed by atoms with Gasteiger partial charge in [0.25, 0.3) is 0 Å². The molecule has 0 bridgehead atoms. The van der Waals surface area contributed by atoms with Crippen molar-refractivity contribution in [2.45, 2.75) is 413 Å². The topological polar surface area (TPSA) is 307 Å². The lowest BCUT2D eigenvalue weighted by Gasteiger charge is -2.48. The zero-order chi connectivity index (χ0) is 70.4. The standard InChI is InChI=1S/C78H143NO18/c1-3-5-7-9-11-13-15-17-19-21-23-24-25-26-27-28-29-30-31-32-33-34-35-36-38-39-41-43-45-47-49-51-53-55-62(83)61(79-66(84)56-54-52-50-48-46-44-42-40-37-22-20-18-16-14-12-10-8-6-4-2)60-92-76-72(90)69(87)74(64(58-81)94-76)97-78-73(91)70(88)75(65(59-82)95-78)96-77-71(89)68(86)67(85)63(57-80)93-77/h6,8,12,14,18,20,37,40,61-65,67-78,80-83,85-91H,3-5,7,9-11,13,15-17,19,21-36,38-39,41-60H2,1-2H3,(H,79,84)/b8-6-,14-12-,20-18-,40-37-. The van der Waals surface area contributed by atoms with Crippen molar-refractivity contribution < 1.29 is 89.4 Å². The van der Waals surface area contributed by atoms with Crippen LogP contribution in [0.15, 0.2) is 48.6 Å². The summed E-state index contributed by atoms with van der Waals surface area (Å²) in [6.07, 6.45) is 46.4. The van der Waals surface area contributed by atoms with Crippen LogP contribution in [0.1, 0.15) is 309 Å². The van der Waals surface area contributed by atoms with E-state index >= 15 is 0 Å². The molecular formula is C78H143NO18. The Morgan fingerprint density at radius 1 is 0.381 bits per heavy atom. The van der Waals surface area contributed by atoms with E-state index in [0.717, 1.165) is 89.9 Å². The molecule has 0 saturated carbocycles. The van der Waals surface area contributed by atoms with Gasteiger partial charge >= 0.3 is 0 Å². The van der Waals surface area contributed by atoms with Crippen molar-refractivity contribution in [3.05, 3.63) is 48.6 Å². The molecule has 3 aliphatic rings. The molecule has 3 heterocycles. The fraction of sp³-hybridized carbons (Fsp3) is 0.885. The lowest BCUT2D eigenvalue weighted by atomic mass is 9.96. The highest BCUT2D eigenvalue weighted by atomic mass is 16.8. The first-order chi connectivity index (χ1) is 47.3. The molecule has 568 valence electrons. The van der Waals surface area contributed by atoms with Gasteiger partial charge in [0.2, 0.25) is 5.91 Å². The van der Waals surface area contributed by atoms with Gasteiger partial charge in [0.1, 0.15) is 73.2 Å². The maximum Gasteiger partial charge on any atom is 0.220 e. The summed E-state index contributed by atoms with van der Waals surface area (Å²) in [5.41, 5.74) is 0. The number of aliphatic hydroxyl groups excluding tert-OH is 11. The van der Waals surface area contributed by atoms with Gasteiger partial charge in [0, 0.05) is 6.42 Å². The van der Waals surface area contributed by atoms with Crippen molar-refractivity contribution in [2.75, 3.05) is 26.4 Å². The first-order valence-corrected chi connectivity index (χ1v) is 39.4. The van der Waals surface area contributed by atoms with Crippen molar-refractivity contribution in [1.29, 1.82) is 0 Å². The van der Waals surface area contributed by atoms with Gasteiger partial charge in [-0.15, -0.1) is 0 Å². The molecule has 97 heavy (non-hydrogen) atoms. The Hall–Kier alpha value is -2.25. The van der Waals surface area contributed by atoms with E-state index in [0.29, 0.717) is 12.8 Å². The average Bonchev–Trinajstić information content (AvgIpc) is 0.795. The number of nitrogens with one attached hydrogen (secondary N) is 1. The lowest BCUT2D eigenvalue weighted by molar-refractivity contribution is -0.379. The second kappa shape index (κ2) is 59.2. The van der Waals surface area contributed by atoms with Crippen LogP contribution in [0.25, 0.3) is 0 Å². The fourth-order valence-electron chi connectivity index (χ4n) is 13.4. The third kappa shape index (κ3) is 39.8. The van der Waals surface area contributed by atoms with Crippen LogP contribution in [0.3, 0.4) is 0 Å². The molecule has 17 atom stereocenters. The molecule has 17 unspecified atom stereocenters. The first kappa shape index (κ1) is 89.0. The molecular weight excluding hydrogens is 1240 g/mol. The predicted octanol–water partition coefficient (Wildman–Crippen LogP) is 12.5. The summed E-state index contributed by atoms with van der Waals surface area (Å²) < 4.78 is 34.5. The highest BCUT2D eigenvalue weighted by molar-refractivity contribution is 5.76. The second-order valence-electron chi connectivity index (χ2n) is 28.2. The molecule has 3 rings (SSSR count). The summed E-state index contributed by atoms with van der Waals surface area (Å²) in [7, 11) is 0. The number of allylic oxidation sites excluding steroid dienone is 8. The highest BCUT2D eigenvalue weighted by Crippen LogP contribution is 2.33. The zero-order valence-corrected chi connectivity index (χ0v) is 60.6. The summed E-state index contributed by atoms with van der Waals surface area (Å²) in [5.74, 6) is -0.254. The van der Waals surface area contributed by atoms with Crippen molar-refractivity contribution >= 4 is 5.91 Å². The molecule has 0 radical (unpaired) electrons. The summed E-state index contributed by atoms with van der Waals surface area (Å²) >= 11 is 0. The van der Waals surface area contributed by atoms with E-state index < -0.39 is 124 Å². The summed E-state index contributed by atoms with van der Waals surface area (Å²) in [6.45, 7) is 1.71. The number of ether oxygens (including phenoxy) is 6. The number of hydrogen-bond donors (Lipinski definition) is 12. The van der Waals surface area contributed by atoms with Gasteiger partial charge in [0.15, 0.2) is 18.9 Å². The number of rotatable bonds is 62. The Labute approximate surface area is 586 Å². The molecule has 3 aliphatic heterocycles. The Morgan fingerprint density at radius 3 is 1.11 bits per heavy atom. The Kier molecular flexibility index (Phi) is 54.3. The van der Waals surface area contributed by atoms with Crippen LogP contribution in [-0.4, -0.2) is 193 Å². The summed E-state index contributed by atoms with van der Waals surface area (Å²) in [5, 5.41) is 121. The molecule has 0 spiro atoms. The quantitative estimate of drug-likeness (QED) is 0.0199. The van der Waals surface area contributed by atoms with Crippen molar-refractivity contribution in [3.63, 3.8) is 0 Å². The van der Waals surface area contributed by atoms with Crippen LogP contribution in [0.2, 0.25) is 0 Å². The SMILES string of the molecule is CC/C=C\C/C=C\C/C=C\C/C=C\CCCCCCCCC(=O)NC(COC1OC(CO)C(OC2OC(CO)C(OC3OC(CO)C(O)C(O)C3O)C(O)C2O)C(O)C1O)C(O)CCCCCCCCCCCCCCCCCCCCCCCCCCCCCCCCCCC. The van der Waals surface area contributed by atoms with E-state index in [1.807, 2.05) is 0 Å². The van der Waals surface area contributed by atoms with Crippen LogP contribution in [-0.2, 0) is 33.2 Å². The average molecular weight is 1380 g/mol. The van der Waals surface area contributed by atoms with Crippen LogP contribution >= 0.6 is 0 Å². The molecule has 19 heteroatoms. The van der Waals surface area contributed by atoms with Gasteiger partial charge in [-0.1, -0.05) is 300 Å². The van der Waals surface area contributed by atoms with Crippen LogP contribution in [0.5, 0.6) is 0 Å². The van der Waals surface area contributed by atoms with Gasteiger partial charge in [-0.3, -0.25) is 4.79 Å². The highest BCUT2D eigenvalue weighted by Gasteiger charge is 2.54. The molecule has 12 N–H and O–H groups in total. The molecule has 0 aromatic carbocycles.